The first-order valence-electron chi connectivity index (χ1n) is 7.02. The monoisotopic (exact) mass is 307 g/mol. The molecule has 7 heteroatoms. The minimum atomic E-state index is 0.0799. The second kappa shape index (κ2) is 7.22. The predicted molar refractivity (Wildman–Crippen MR) is 80.3 cm³/mol. The van der Waals surface area contributed by atoms with Crippen molar-refractivity contribution in [3.8, 4) is 18.0 Å². The van der Waals surface area contributed by atoms with Crippen molar-refractivity contribution in [1.29, 1.82) is 0 Å². The largest absolute Gasteiger partial charge is 0.460 e. The first-order valence-corrected chi connectivity index (χ1v) is 7.02. The van der Waals surface area contributed by atoms with Crippen LogP contribution in [0.25, 0.3) is 0 Å². The van der Waals surface area contributed by atoms with Crippen molar-refractivity contribution < 1.29 is 18.9 Å². The molecule has 2 heterocycles. The van der Waals surface area contributed by atoms with Crippen LogP contribution in [0.1, 0.15) is 20.8 Å². The molecule has 7 nitrogen and oxygen atoms in total. The molecule has 0 radical (unpaired) electrons. The molecule has 1 saturated heterocycles. The van der Waals surface area contributed by atoms with Crippen LogP contribution in [-0.2, 0) is 4.74 Å². The lowest BCUT2D eigenvalue weighted by molar-refractivity contribution is 0.226. The molecular formula is C15H21N3O4. The first-order chi connectivity index (χ1) is 10.4. The van der Waals surface area contributed by atoms with Crippen molar-refractivity contribution in [3.63, 3.8) is 0 Å². The number of epoxide rings is 1. The normalized spacial score (nSPS) is 19.4. The summed E-state index contributed by atoms with van der Waals surface area (Å²) in [6.07, 6.45) is 0.288. The number of rotatable bonds is 9. The van der Waals surface area contributed by atoms with E-state index in [0.29, 0.717) is 19.8 Å². The summed E-state index contributed by atoms with van der Waals surface area (Å²) < 4.78 is 21.6. The summed E-state index contributed by atoms with van der Waals surface area (Å²) in [5.41, 5.74) is 1.71. The van der Waals surface area contributed by atoms with Gasteiger partial charge < -0.3 is 18.9 Å². The van der Waals surface area contributed by atoms with Gasteiger partial charge in [-0.15, -0.1) is 15.0 Å². The SMILES string of the molecule is C=C(C)COc1nc(OCC(=C)C)nc(OCC2OC2C)n1. The van der Waals surface area contributed by atoms with E-state index in [1.165, 1.54) is 0 Å². The van der Waals surface area contributed by atoms with Crippen molar-refractivity contribution in [2.45, 2.75) is 33.0 Å². The van der Waals surface area contributed by atoms with Crippen LogP contribution >= 0.6 is 0 Å². The zero-order valence-corrected chi connectivity index (χ0v) is 13.2. The zero-order valence-electron chi connectivity index (χ0n) is 13.2. The van der Waals surface area contributed by atoms with Crippen LogP contribution in [0, 0.1) is 0 Å². The lowest BCUT2D eigenvalue weighted by Gasteiger charge is -2.09. The van der Waals surface area contributed by atoms with Gasteiger partial charge >= 0.3 is 18.0 Å². The summed E-state index contributed by atoms with van der Waals surface area (Å²) in [6, 6.07) is 0.412. The zero-order chi connectivity index (χ0) is 16.1. The molecule has 0 amide bonds. The third-order valence-electron chi connectivity index (χ3n) is 2.68. The topological polar surface area (TPSA) is 78.9 Å². The predicted octanol–water partition coefficient (Wildman–Crippen LogP) is 1.95. The van der Waals surface area contributed by atoms with Crippen molar-refractivity contribution >= 4 is 0 Å². The Hall–Kier alpha value is -2.15. The Morgan fingerprint density at radius 2 is 1.36 bits per heavy atom. The molecular weight excluding hydrogens is 286 g/mol. The summed E-state index contributed by atoms with van der Waals surface area (Å²) >= 11 is 0. The van der Waals surface area contributed by atoms with Gasteiger partial charge in [0.1, 0.15) is 25.9 Å². The van der Waals surface area contributed by atoms with E-state index in [1.54, 1.807) is 0 Å². The summed E-state index contributed by atoms with van der Waals surface area (Å²) in [5.74, 6) is 0. The average Bonchev–Trinajstić information content (AvgIpc) is 3.16. The van der Waals surface area contributed by atoms with E-state index in [1.807, 2.05) is 20.8 Å². The molecule has 1 fully saturated rings. The number of ether oxygens (including phenoxy) is 4. The van der Waals surface area contributed by atoms with Crippen molar-refractivity contribution in [1.82, 2.24) is 15.0 Å². The fourth-order valence-electron chi connectivity index (χ4n) is 1.45. The molecule has 0 aliphatic carbocycles. The Labute approximate surface area is 130 Å². The van der Waals surface area contributed by atoms with Crippen molar-refractivity contribution in [2.24, 2.45) is 0 Å². The van der Waals surface area contributed by atoms with Crippen molar-refractivity contribution in [2.75, 3.05) is 19.8 Å². The third kappa shape index (κ3) is 5.33. The molecule has 0 saturated carbocycles. The van der Waals surface area contributed by atoms with Gasteiger partial charge in [0.2, 0.25) is 0 Å². The van der Waals surface area contributed by atoms with E-state index >= 15 is 0 Å². The van der Waals surface area contributed by atoms with E-state index in [2.05, 4.69) is 28.1 Å². The van der Waals surface area contributed by atoms with E-state index in [-0.39, 0.29) is 30.2 Å². The summed E-state index contributed by atoms with van der Waals surface area (Å²) in [4.78, 5) is 12.3. The molecule has 1 aromatic heterocycles. The van der Waals surface area contributed by atoms with Crippen LogP contribution in [-0.4, -0.2) is 47.0 Å². The maximum absolute atomic E-state index is 5.50. The molecule has 1 aromatic rings. The van der Waals surface area contributed by atoms with Crippen LogP contribution < -0.4 is 14.2 Å². The molecule has 1 aliphatic rings. The van der Waals surface area contributed by atoms with Crippen LogP contribution in [0.15, 0.2) is 24.3 Å². The molecule has 0 bridgehead atoms. The highest BCUT2D eigenvalue weighted by atomic mass is 16.6. The molecule has 2 rings (SSSR count). The van der Waals surface area contributed by atoms with Crippen LogP contribution in [0.4, 0.5) is 0 Å². The Morgan fingerprint density at radius 3 is 1.73 bits per heavy atom. The van der Waals surface area contributed by atoms with Gasteiger partial charge in [0.05, 0.1) is 6.10 Å². The first kappa shape index (κ1) is 16.2. The van der Waals surface area contributed by atoms with Gasteiger partial charge in [-0.2, -0.15) is 0 Å². The Kier molecular flexibility index (Phi) is 5.32. The number of hydrogen-bond acceptors (Lipinski definition) is 7. The second-order valence-corrected chi connectivity index (χ2v) is 5.37. The van der Waals surface area contributed by atoms with Gasteiger partial charge in [0.15, 0.2) is 0 Å². The van der Waals surface area contributed by atoms with E-state index in [0.717, 1.165) is 11.1 Å². The maximum atomic E-state index is 5.50. The number of hydrogen-bond donors (Lipinski definition) is 0. The highest BCUT2D eigenvalue weighted by Crippen LogP contribution is 2.22. The molecule has 2 atom stereocenters. The van der Waals surface area contributed by atoms with Crippen LogP contribution in [0.2, 0.25) is 0 Å². The summed E-state index contributed by atoms with van der Waals surface area (Å²) in [6.45, 7) is 14.2. The Balaban J connectivity index is 2.04. The third-order valence-corrected chi connectivity index (χ3v) is 2.68. The molecule has 22 heavy (non-hydrogen) atoms. The molecule has 2 unspecified atom stereocenters. The molecule has 0 N–H and O–H groups in total. The number of nitrogens with zero attached hydrogens (tertiary/aromatic N) is 3. The summed E-state index contributed by atoms with van der Waals surface area (Å²) in [5, 5.41) is 0. The molecule has 1 aliphatic heterocycles. The minimum Gasteiger partial charge on any atom is -0.460 e. The highest BCUT2D eigenvalue weighted by molar-refractivity contribution is 5.10. The smallest absolute Gasteiger partial charge is 0.326 e. The van der Waals surface area contributed by atoms with Gasteiger partial charge in [0.25, 0.3) is 0 Å². The van der Waals surface area contributed by atoms with E-state index in [4.69, 9.17) is 18.9 Å². The quantitative estimate of drug-likeness (QED) is 0.509. The average molecular weight is 307 g/mol. The Bertz CT molecular complexity index is 525. The maximum Gasteiger partial charge on any atom is 0.326 e. The van der Waals surface area contributed by atoms with Gasteiger partial charge in [-0.3, -0.25) is 0 Å². The molecule has 120 valence electrons. The van der Waals surface area contributed by atoms with Gasteiger partial charge in [0, 0.05) is 0 Å². The molecule has 0 spiro atoms. The highest BCUT2D eigenvalue weighted by Gasteiger charge is 2.35. The standard InChI is InChI=1S/C15H21N3O4/c1-9(2)6-19-13-16-14(20-7-10(3)4)18-15(17-13)21-8-12-11(5)22-12/h11-12H,1,3,6-8H2,2,4-5H3. The fourth-order valence-corrected chi connectivity index (χ4v) is 1.45. The lowest BCUT2D eigenvalue weighted by atomic mass is 10.4. The lowest BCUT2D eigenvalue weighted by Crippen LogP contribution is -2.12. The fraction of sp³-hybridized carbons (Fsp3) is 0.533. The van der Waals surface area contributed by atoms with E-state index < -0.39 is 0 Å². The van der Waals surface area contributed by atoms with Gasteiger partial charge in [-0.25, -0.2) is 0 Å². The van der Waals surface area contributed by atoms with Gasteiger partial charge in [-0.05, 0) is 31.9 Å². The van der Waals surface area contributed by atoms with Gasteiger partial charge in [-0.1, -0.05) is 13.2 Å². The van der Waals surface area contributed by atoms with Crippen LogP contribution in [0.5, 0.6) is 18.0 Å². The number of aromatic nitrogens is 3. The minimum absolute atomic E-state index is 0.0799. The Morgan fingerprint density at radius 1 is 0.955 bits per heavy atom. The van der Waals surface area contributed by atoms with Crippen molar-refractivity contribution in [3.05, 3.63) is 24.3 Å². The molecule has 0 aromatic carbocycles. The second-order valence-electron chi connectivity index (χ2n) is 5.37. The van der Waals surface area contributed by atoms with E-state index in [9.17, 15) is 0 Å². The van der Waals surface area contributed by atoms with Crippen LogP contribution in [0.3, 0.4) is 0 Å². The summed E-state index contributed by atoms with van der Waals surface area (Å²) in [7, 11) is 0.